The molecule has 0 amide bonds. The van der Waals surface area contributed by atoms with E-state index in [9.17, 15) is 0 Å². The van der Waals surface area contributed by atoms with E-state index in [0.29, 0.717) is 0 Å². The first-order valence-electron chi connectivity index (χ1n) is 3.46. The average molecular weight is 183 g/mol. The minimum absolute atomic E-state index is 0.872. The Morgan fingerprint density at radius 3 is 3.09 bits per heavy atom. The van der Waals surface area contributed by atoms with E-state index in [0.717, 1.165) is 10.8 Å². The molecule has 1 aliphatic rings. The molecule has 0 unspecified atom stereocenters. The fourth-order valence-electron chi connectivity index (χ4n) is 1.12. The molecule has 1 aliphatic heterocycles. The highest BCUT2D eigenvalue weighted by molar-refractivity contribution is 7.99. The lowest BCUT2D eigenvalue weighted by molar-refractivity contribution is 1.40. The molecule has 0 spiro atoms. The second-order valence-corrected chi connectivity index (χ2v) is 3.81. The van der Waals surface area contributed by atoms with Gasteiger partial charge in [0.2, 0.25) is 0 Å². The van der Waals surface area contributed by atoms with Gasteiger partial charge in [0.1, 0.15) is 0 Å². The second kappa shape index (κ2) is 2.92. The molecule has 0 nitrogen and oxygen atoms in total. The standard InChI is InChI=1S/C9H7ClS/c10-8-5-1-3-7-4-2-6-11-9(7)8/h1-5H,6H2. The summed E-state index contributed by atoms with van der Waals surface area (Å²) in [4.78, 5) is 1.22. The SMILES string of the molecule is Clc1cccc2c1SCC=C2. The fourth-order valence-corrected chi connectivity index (χ4v) is 2.33. The van der Waals surface area contributed by atoms with Crippen LogP contribution in [0, 0.1) is 0 Å². The lowest BCUT2D eigenvalue weighted by Crippen LogP contribution is -1.87. The van der Waals surface area contributed by atoms with E-state index in [1.807, 2.05) is 12.1 Å². The minimum atomic E-state index is 0.872. The predicted molar refractivity (Wildman–Crippen MR) is 51.2 cm³/mol. The average Bonchev–Trinajstić information content (AvgIpc) is 2.06. The normalized spacial score (nSPS) is 14.6. The van der Waals surface area contributed by atoms with Crippen molar-refractivity contribution in [3.05, 3.63) is 34.9 Å². The van der Waals surface area contributed by atoms with E-state index in [1.165, 1.54) is 10.5 Å². The van der Waals surface area contributed by atoms with Crippen molar-refractivity contribution in [2.24, 2.45) is 0 Å². The molecule has 2 heteroatoms. The van der Waals surface area contributed by atoms with Crippen molar-refractivity contribution in [2.75, 3.05) is 5.75 Å². The molecule has 11 heavy (non-hydrogen) atoms. The van der Waals surface area contributed by atoms with Crippen molar-refractivity contribution in [2.45, 2.75) is 4.90 Å². The molecular formula is C9H7ClS. The van der Waals surface area contributed by atoms with Crippen LogP contribution >= 0.6 is 23.4 Å². The summed E-state index contributed by atoms with van der Waals surface area (Å²) in [5.41, 5.74) is 1.24. The van der Waals surface area contributed by atoms with Crippen LogP contribution in [-0.4, -0.2) is 5.75 Å². The van der Waals surface area contributed by atoms with Gasteiger partial charge in [0.15, 0.2) is 0 Å². The van der Waals surface area contributed by atoms with Crippen molar-refractivity contribution in [3.8, 4) is 0 Å². The van der Waals surface area contributed by atoms with Gasteiger partial charge in [0.05, 0.1) is 5.02 Å². The zero-order valence-electron chi connectivity index (χ0n) is 5.88. The highest BCUT2D eigenvalue weighted by atomic mass is 35.5. The summed E-state index contributed by atoms with van der Waals surface area (Å²) in [5.74, 6) is 1.04. The molecule has 0 atom stereocenters. The zero-order valence-corrected chi connectivity index (χ0v) is 7.45. The highest BCUT2D eigenvalue weighted by Crippen LogP contribution is 2.34. The van der Waals surface area contributed by atoms with Crippen molar-refractivity contribution in [3.63, 3.8) is 0 Å². The number of halogens is 1. The van der Waals surface area contributed by atoms with E-state index in [2.05, 4.69) is 18.2 Å². The third-order valence-electron chi connectivity index (χ3n) is 1.62. The first-order chi connectivity index (χ1) is 5.38. The molecule has 0 aliphatic carbocycles. The van der Waals surface area contributed by atoms with Crippen LogP contribution in [0.1, 0.15) is 5.56 Å². The van der Waals surface area contributed by atoms with Crippen LogP contribution in [0.15, 0.2) is 29.2 Å². The summed E-state index contributed by atoms with van der Waals surface area (Å²) in [7, 11) is 0. The van der Waals surface area contributed by atoms with E-state index in [4.69, 9.17) is 11.6 Å². The van der Waals surface area contributed by atoms with Gasteiger partial charge in [-0.2, -0.15) is 0 Å². The quantitative estimate of drug-likeness (QED) is 0.592. The number of fused-ring (bicyclic) bond motifs is 1. The van der Waals surface area contributed by atoms with E-state index >= 15 is 0 Å². The molecule has 0 saturated heterocycles. The van der Waals surface area contributed by atoms with Crippen molar-refractivity contribution in [1.29, 1.82) is 0 Å². The Hall–Kier alpha value is -0.400. The Labute approximate surface area is 75.3 Å². The lowest BCUT2D eigenvalue weighted by atomic mass is 10.2. The number of hydrogen-bond acceptors (Lipinski definition) is 1. The van der Waals surface area contributed by atoms with Gasteiger partial charge >= 0.3 is 0 Å². The van der Waals surface area contributed by atoms with Gasteiger partial charge in [0, 0.05) is 10.6 Å². The molecule has 0 bridgehead atoms. The lowest BCUT2D eigenvalue weighted by Gasteiger charge is -2.10. The van der Waals surface area contributed by atoms with Gasteiger partial charge in [0.25, 0.3) is 0 Å². The van der Waals surface area contributed by atoms with Gasteiger partial charge < -0.3 is 0 Å². The first kappa shape index (κ1) is 7.26. The van der Waals surface area contributed by atoms with Crippen molar-refractivity contribution >= 4 is 29.4 Å². The fraction of sp³-hybridized carbons (Fsp3) is 0.111. The molecule has 0 N–H and O–H groups in total. The Morgan fingerprint density at radius 2 is 2.27 bits per heavy atom. The first-order valence-corrected chi connectivity index (χ1v) is 4.82. The summed E-state index contributed by atoms with van der Waals surface area (Å²) in [6.45, 7) is 0. The summed E-state index contributed by atoms with van der Waals surface area (Å²) < 4.78 is 0. The zero-order chi connectivity index (χ0) is 7.68. The van der Waals surface area contributed by atoms with Gasteiger partial charge in [-0.1, -0.05) is 35.9 Å². The van der Waals surface area contributed by atoms with E-state index in [1.54, 1.807) is 11.8 Å². The monoisotopic (exact) mass is 182 g/mol. The second-order valence-electron chi connectivity index (χ2n) is 2.37. The van der Waals surface area contributed by atoms with Gasteiger partial charge in [-0.25, -0.2) is 0 Å². The molecule has 1 aromatic carbocycles. The van der Waals surface area contributed by atoms with E-state index in [-0.39, 0.29) is 0 Å². The minimum Gasteiger partial charge on any atom is -0.120 e. The Kier molecular flexibility index (Phi) is 1.93. The Bertz CT molecular complexity index is 304. The van der Waals surface area contributed by atoms with Gasteiger partial charge in [-0.3, -0.25) is 0 Å². The molecule has 0 radical (unpaired) electrons. The predicted octanol–water partition coefficient (Wildman–Crippen LogP) is 3.46. The van der Waals surface area contributed by atoms with Gasteiger partial charge in [-0.15, -0.1) is 11.8 Å². The maximum Gasteiger partial charge on any atom is 0.0548 e. The molecule has 2 rings (SSSR count). The number of benzene rings is 1. The molecular weight excluding hydrogens is 176 g/mol. The van der Waals surface area contributed by atoms with Crippen LogP contribution in [0.4, 0.5) is 0 Å². The molecule has 0 saturated carbocycles. The Morgan fingerprint density at radius 1 is 1.36 bits per heavy atom. The van der Waals surface area contributed by atoms with Crippen molar-refractivity contribution < 1.29 is 0 Å². The van der Waals surface area contributed by atoms with Crippen molar-refractivity contribution in [1.82, 2.24) is 0 Å². The van der Waals surface area contributed by atoms with Crippen LogP contribution in [0.25, 0.3) is 6.08 Å². The number of rotatable bonds is 0. The maximum absolute atomic E-state index is 5.99. The summed E-state index contributed by atoms with van der Waals surface area (Å²) in [5, 5.41) is 0.872. The van der Waals surface area contributed by atoms with Gasteiger partial charge in [-0.05, 0) is 11.6 Å². The Balaban J connectivity index is 2.60. The smallest absolute Gasteiger partial charge is 0.0548 e. The third-order valence-corrected chi connectivity index (χ3v) is 3.15. The van der Waals surface area contributed by atoms with Crippen LogP contribution in [0.5, 0.6) is 0 Å². The molecule has 1 heterocycles. The maximum atomic E-state index is 5.99. The molecule has 0 aromatic heterocycles. The summed E-state index contributed by atoms with van der Waals surface area (Å²) in [6, 6.07) is 6.01. The molecule has 1 aromatic rings. The number of thioether (sulfide) groups is 1. The topological polar surface area (TPSA) is 0 Å². The third kappa shape index (κ3) is 1.31. The summed E-state index contributed by atoms with van der Waals surface area (Å²) in [6.07, 6.45) is 4.28. The van der Waals surface area contributed by atoms with Crippen LogP contribution in [0.3, 0.4) is 0 Å². The molecule has 56 valence electrons. The summed E-state index contributed by atoms with van der Waals surface area (Å²) >= 11 is 7.78. The van der Waals surface area contributed by atoms with Crippen LogP contribution < -0.4 is 0 Å². The largest absolute Gasteiger partial charge is 0.120 e. The van der Waals surface area contributed by atoms with E-state index < -0.39 is 0 Å². The van der Waals surface area contributed by atoms with Crippen LogP contribution in [0.2, 0.25) is 5.02 Å². The van der Waals surface area contributed by atoms with Crippen LogP contribution in [-0.2, 0) is 0 Å². The number of hydrogen-bond donors (Lipinski definition) is 0. The molecule has 0 fully saturated rings. The highest BCUT2D eigenvalue weighted by Gasteiger charge is 2.07.